The molecule has 7 N–H and O–H groups in total. The molecule has 68 heavy (non-hydrogen) atoms. The smallest absolute Gasteiger partial charge is 0.306 e. The molecule has 0 aromatic rings. The lowest BCUT2D eigenvalue weighted by Gasteiger charge is -2.42. The zero-order valence-corrected chi connectivity index (χ0v) is 40.3. The second-order valence-electron chi connectivity index (χ2n) is 16.5. The van der Waals surface area contributed by atoms with E-state index < -0.39 is 99.3 Å². The van der Waals surface area contributed by atoms with Crippen LogP contribution in [0.2, 0.25) is 0 Å². The molecule has 384 valence electrons. The van der Waals surface area contributed by atoms with Gasteiger partial charge in [0.25, 0.3) is 0 Å². The highest BCUT2D eigenvalue weighted by atomic mass is 16.7. The van der Waals surface area contributed by atoms with Crippen LogP contribution in [0.4, 0.5) is 0 Å². The number of carbonyl (C=O) groups is 2. The van der Waals surface area contributed by atoms with Gasteiger partial charge in [-0.3, -0.25) is 9.59 Å². The van der Waals surface area contributed by atoms with E-state index in [2.05, 4.69) is 111 Å². The van der Waals surface area contributed by atoms with E-state index in [1.165, 1.54) is 0 Å². The summed E-state index contributed by atoms with van der Waals surface area (Å²) >= 11 is 0. The Balaban J connectivity index is 1.88. The molecule has 4 unspecified atom stereocenters. The van der Waals surface area contributed by atoms with Crippen LogP contribution in [0.5, 0.6) is 0 Å². The summed E-state index contributed by atoms with van der Waals surface area (Å²) in [6.07, 6.45) is 32.7. The first-order valence-corrected chi connectivity index (χ1v) is 24.5. The first-order valence-electron chi connectivity index (χ1n) is 24.5. The van der Waals surface area contributed by atoms with Crippen LogP contribution in [0.1, 0.15) is 117 Å². The molecule has 0 saturated carbocycles. The lowest BCUT2D eigenvalue weighted by molar-refractivity contribution is -0.332. The molecule has 2 aliphatic heterocycles. The van der Waals surface area contributed by atoms with Crippen molar-refractivity contribution in [1.82, 2.24) is 0 Å². The Kier molecular flexibility index (Phi) is 34.5. The Morgan fingerprint density at radius 3 is 1.37 bits per heavy atom. The molecule has 0 aromatic heterocycles. The van der Waals surface area contributed by atoms with Crippen molar-refractivity contribution in [2.24, 2.45) is 0 Å². The molecule has 2 aliphatic rings. The van der Waals surface area contributed by atoms with Crippen molar-refractivity contribution in [2.75, 3.05) is 26.4 Å². The van der Waals surface area contributed by atoms with Crippen LogP contribution in [-0.2, 0) is 38.0 Å². The van der Waals surface area contributed by atoms with E-state index in [-0.39, 0.29) is 19.4 Å². The molecule has 0 aromatic carbocycles. The summed E-state index contributed by atoms with van der Waals surface area (Å²) in [4.78, 5) is 25.7. The zero-order chi connectivity index (χ0) is 49.6. The van der Waals surface area contributed by atoms with Crippen LogP contribution < -0.4 is 0 Å². The van der Waals surface area contributed by atoms with E-state index in [4.69, 9.17) is 28.4 Å². The van der Waals surface area contributed by atoms with E-state index in [0.717, 1.165) is 70.6 Å². The number of aliphatic hydroxyl groups excluding tert-OH is 7. The molecule has 15 heteroatoms. The number of unbranched alkanes of at least 4 members (excludes halogenated alkanes) is 3. The van der Waals surface area contributed by atoms with Gasteiger partial charge in [-0.1, -0.05) is 123 Å². The number of rotatable bonds is 35. The molecule has 2 fully saturated rings. The third kappa shape index (κ3) is 26.8. The monoisotopic (exact) mass is 959 g/mol. The molecule has 0 spiro atoms. The van der Waals surface area contributed by atoms with Gasteiger partial charge < -0.3 is 64.2 Å². The van der Waals surface area contributed by atoms with E-state index >= 15 is 0 Å². The summed E-state index contributed by atoms with van der Waals surface area (Å²) in [6.45, 7) is 2.21. The molecule has 2 saturated heterocycles. The maximum Gasteiger partial charge on any atom is 0.306 e. The number of esters is 2. The minimum Gasteiger partial charge on any atom is -0.462 e. The van der Waals surface area contributed by atoms with E-state index in [1.54, 1.807) is 0 Å². The summed E-state index contributed by atoms with van der Waals surface area (Å²) < 4.78 is 33.4. The number of hydrogen-bond acceptors (Lipinski definition) is 15. The molecular weight excluding hydrogens is 877 g/mol. The van der Waals surface area contributed by atoms with E-state index in [1.807, 2.05) is 12.2 Å². The molecule has 15 nitrogen and oxygen atoms in total. The number of aliphatic hydroxyl groups is 7. The first kappa shape index (κ1) is 60.3. The number of ether oxygens (including phenoxy) is 6. The highest BCUT2D eigenvalue weighted by Gasteiger charge is 2.47. The van der Waals surface area contributed by atoms with Crippen LogP contribution in [0, 0.1) is 0 Å². The molecule has 0 amide bonds. The standard InChI is InChI=1S/C53H82O15/c1-3-5-7-9-11-13-15-17-19-20-22-23-25-27-29-31-33-35-44(55)63-38-41(66-45(56)36-34-32-30-28-26-24-21-18-16-14-12-10-8-6-4-2)39-64-52-51(62)49(60)47(58)43(68-52)40-65-53-50(61)48(59)46(57)42(37-54)67-53/h5-8,11-14,17-19,21-23,26-29,41-43,46-54,57-62H,3-4,9-10,15-16,20,24-25,30-40H2,1-2H3/b7-5+,8-6+,13-11+,14-12+,19-17+,21-18+,23-22+,28-26+,29-27+/t41-,42+,43+,46-,47-,48?,49?,50?,51?,52+,53+/m0/s1. The average Bonchev–Trinajstić information content (AvgIpc) is 3.33. The van der Waals surface area contributed by atoms with Gasteiger partial charge in [-0.15, -0.1) is 0 Å². The van der Waals surface area contributed by atoms with Gasteiger partial charge in [0.05, 0.1) is 19.8 Å². The maximum atomic E-state index is 13.0. The lowest BCUT2D eigenvalue weighted by Crippen LogP contribution is -2.61. The Bertz CT molecular complexity index is 1600. The topological polar surface area (TPSA) is 231 Å². The van der Waals surface area contributed by atoms with Crippen molar-refractivity contribution >= 4 is 11.9 Å². The molecule has 11 atom stereocenters. The van der Waals surface area contributed by atoms with Gasteiger partial charge in [0.2, 0.25) is 0 Å². The number of hydrogen-bond donors (Lipinski definition) is 7. The molecule has 0 bridgehead atoms. The summed E-state index contributed by atoms with van der Waals surface area (Å²) in [6, 6.07) is 0. The molecule has 0 radical (unpaired) electrons. The highest BCUT2D eigenvalue weighted by molar-refractivity contribution is 5.70. The van der Waals surface area contributed by atoms with Crippen molar-refractivity contribution in [3.63, 3.8) is 0 Å². The summed E-state index contributed by atoms with van der Waals surface area (Å²) in [5.74, 6) is -1.06. The fourth-order valence-corrected chi connectivity index (χ4v) is 6.77. The third-order valence-corrected chi connectivity index (χ3v) is 10.7. The summed E-state index contributed by atoms with van der Waals surface area (Å²) in [5, 5.41) is 72.0. The van der Waals surface area contributed by atoms with Crippen LogP contribution in [0.25, 0.3) is 0 Å². The normalized spacial score (nSPS) is 26.7. The Hall–Kier alpha value is -3.84. The molecular formula is C53H82O15. The fraction of sp³-hybridized carbons (Fsp3) is 0.623. The van der Waals surface area contributed by atoms with Crippen molar-refractivity contribution in [3.05, 3.63) is 109 Å². The zero-order valence-electron chi connectivity index (χ0n) is 40.3. The largest absolute Gasteiger partial charge is 0.462 e. The second-order valence-corrected chi connectivity index (χ2v) is 16.5. The van der Waals surface area contributed by atoms with Crippen molar-refractivity contribution in [3.8, 4) is 0 Å². The Morgan fingerprint density at radius 1 is 0.471 bits per heavy atom. The van der Waals surface area contributed by atoms with E-state index in [0.29, 0.717) is 19.3 Å². The predicted octanol–water partition coefficient (Wildman–Crippen LogP) is 6.37. The first-order chi connectivity index (χ1) is 33.0. The van der Waals surface area contributed by atoms with Crippen molar-refractivity contribution in [2.45, 2.75) is 184 Å². The average molecular weight is 959 g/mol. The summed E-state index contributed by atoms with van der Waals surface area (Å²) in [7, 11) is 0. The van der Waals surface area contributed by atoms with Gasteiger partial charge in [0.15, 0.2) is 18.7 Å². The number of carbonyl (C=O) groups excluding carboxylic acids is 2. The molecule has 0 aliphatic carbocycles. The minimum atomic E-state index is -1.79. The SMILES string of the molecule is CC/C=C/C/C=C/C/C=C/C/C=C/C/C=C/CCCC(=O)OC[C@@H](CO[C@@H]1O[C@H](CO[C@@H]2O[C@H](CO)[C@H](O)C(O)C2O)[C@H](O)C(O)C1O)OC(=O)CCCC/C=C/C/C=C/C/C=C/C/C=C/CC. The third-order valence-electron chi connectivity index (χ3n) is 10.7. The Labute approximate surface area is 404 Å². The van der Waals surface area contributed by atoms with Crippen LogP contribution in [0.3, 0.4) is 0 Å². The van der Waals surface area contributed by atoms with Gasteiger partial charge in [-0.2, -0.15) is 0 Å². The Morgan fingerprint density at radius 2 is 0.882 bits per heavy atom. The number of allylic oxidation sites excluding steroid dienone is 18. The fourth-order valence-electron chi connectivity index (χ4n) is 6.77. The van der Waals surface area contributed by atoms with Crippen molar-refractivity contribution in [1.29, 1.82) is 0 Å². The van der Waals surface area contributed by atoms with Gasteiger partial charge in [0, 0.05) is 12.8 Å². The van der Waals surface area contributed by atoms with Gasteiger partial charge in [0.1, 0.15) is 55.4 Å². The van der Waals surface area contributed by atoms with Crippen LogP contribution in [-0.4, -0.2) is 142 Å². The van der Waals surface area contributed by atoms with Gasteiger partial charge in [-0.25, -0.2) is 0 Å². The quantitative estimate of drug-likeness (QED) is 0.0208. The predicted molar refractivity (Wildman–Crippen MR) is 261 cm³/mol. The van der Waals surface area contributed by atoms with Crippen LogP contribution >= 0.6 is 0 Å². The van der Waals surface area contributed by atoms with Gasteiger partial charge in [-0.05, 0) is 89.9 Å². The van der Waals surface area contributed by atoms with Crippen LogP contribution in [0.15, 0.2) is 109 Å². The molecule has 2 heterocycles. The lowest BCUT2D eigenvalue weighted by atomic mass is 9.98. The summed E-state index contributed by atoms with van der Waals surface area (Å²) in [5.41, 5.74) is 0. The second kappa shape index (κ2) is 38.9. The van der Waals surface area contributed by atoms with Gasteiger partial charge >= 0.3 is 11.9 Å². The van der Waals surface area contributed by atoms with Crippen molar-refractivity contribution < 1.29 is 73.8 Å². The molecule has 2 rings (SSSR count). The highest BCUT2D eigenvalue weighted by Crippen LogP contribution is 2.26. The maximum absolute atomic E-state index is 13.0. The van der Waals surface area contributed by atoms with E-state index in [9.17, 15) is 45.3 Å². The minimum absolute atomic E-state index is 0.0933.